The molecule has 0 fully saturated rings. The van der Waals surface area contributed by atoms with Crippen LogP contribution in [0.5, 0.6) is 11.5 Å². The van der Waals surface area contributed by atoms with E-state index in [4.69, 9.17) is 9.47 Å². The average molecular weight is 444 g/mol. The maximum atomic E-state index is 12.2. The first-order chi connectivity index (χ1) is 14.6. The van der Waals surface area contributed by atoms with Gasteiger partial charge in [-0.1, -0.05) is 11.8 Å². The Morgan fingerprint density at radius 3 is 2.70 bits per heavy atom. The van der Waals surface area contributed by atoms with Gasteiger partial charge < -0.3 is 14.0 Å². The highest BCUT2D eigenvalue weighted by atomic mass is 32.2. The van der Waals surface area contributed by atoms with Crippen molar-refractivity contribution in [1.29, 1.82) is 0 Å². The van der Waals surface area contributed by atoms with E-state index < -0.39 is 0 Å². The van der Waals surface area contributed by atoms with Gasteiger partial charge in [-0.3, -0.25) is 9.20 Å². The van der Waals surface area contributed by atoms with E-state index in [0.717, 1.165) is 28.2 Å². The Kier molecular flexibility index (Phi) is 6.05. The fraction of sp³-hybridized carbons (Fsp3) is 0.300. The normalized spacial score (nSPS) is 12.2. The number of methoxy groups -OCH3 is 1. The molecule has 0 saturated carbocycles. The van der Waals surface area contributed by atoms with Gasteiger partial charge in [0.25, 0.3) is 5.56 Å². The first-order valence-corrected chi connectivity index (χ1v) is 11.3. The van der Waals surface area contributed by atoms with E-state index in [1.54, 1.807) is 23.8 Å². The number of fused-ring (bicyclic) bond motifs is 1. The van der Waals surface area contributed by atoms with Gasteiger partial charge in [0.1, 0.15) is 11.5 Å². The summed E-state index contributed by atoms with van der Waals surface area (Å²) >= 11 is 2.95. The number of thioether (sulfide) groups is 1. The molecule has 1 unspecified atom stereocenters. The van der Waals surface area contributed by atoms with E-state index in [9.17, 15) is 4.79 Å². The number of nitrogens with zero attached hydrogens (tertiary/aromatic N) is 5. The zero-order valence-corrected chi connectivity index (χ0v) is 18.4. The summed E-state index contributed by atoms with van der Waals surface area (Å²) in [6.45, 7) is 4.70. The Hall–Kier alpha value is -2.85. The van der Waals surface area contributed by atoms with Gasteiger partial charge in [-0.05, 0) is 38.1 Å². The summed E-state index contributed by atoms with van der Waals surface area (Å²) in [5.74, 6) is 2.80. The zero-order valence-electron chi connectivity index (χ0n) is 16.8. The quantitative estimate of drug-likeness (QED) is 0.383. The molecule has 1 atom stereocenters. The molecule has 0 saturated heterocycles. The Bertz CT molecular complexity index is 1200. The minimum atomic E-state index is -0.273. The second kappa shape index (κ2) is 8.88. The fourth-order valence-electron chi connectivity index (χ4n) is 3.02. The predicted octanol–water partition coefficient (Wildman–Crippen LogP) is 3.81. The lowest BCUT2D eigenvalue weighted by molar-refractivity contribution is 0.209. The highest BCUT2D eigenvalue weighted by Crippen LogP contribution is 2.27. The van der Waals surface area contributed by atoms with Crippen LogP contribution < -0.4 is 15.0 Å². The number of aromatic nitrogens is 5. The summed E-state index contributed by atoms with van der Waals surface area (Å²) in [6, 6.07) is 9.00. The maximum absolute atomic E-state index is 12.2. The van der Waals surface area contributed by atoms with Crippen molar-refractivity contribution in [2.45, 2.75) is 37.4 Å². The summed E-state index contributed by atoms with van der Waals surface area (Å²) in [6.07, 6.45) is 1.46. The van der Waals surface area contributed by atoms with E-state index in [2.05, 4.69) is 15.2 Å². The summed E-state index contributed by atoms with van der Waals surface area (Å²) < 4.78 is 14.8. The molecule has 0 aliphatic heterocycles. The van der Waals surface area contributed by atoms with Crippen molar-refractivity contribution in [3.63, 3.8) is 0 Å². The molecule has 0 radical (unpaired) electrons. The summed E-state index contributed by atoms with van der Waals surface area (Å²) in [4.78, 5) is 17.4. The first kappa shape index (κ1) is 20.4. The molecule has 0 aliphatic rings. The largest absolute Gasteiger partial charge is 0.497 e. The number of hydrogen-bond acceptors (Lipinski definition) is 8. The summed E-state index contributed by atoms with van der Waals surface area (Å²) in [5, 5.41) is 11.3. The van der Waals surface area contributed by atoms with Crippen LogP contribution in [0.25, 0.3) is 4.96 Å². The van der Waals surface area contributed by atoms with Crippen molar-refractivity contribution in [2.75, 3.05) is 7.11 Å². The molecule has 3 heterocycles. The molecule has 1 aromatic carbocycles. The molecule has 0 aliphatic carbocycles. The van der Waals surface area contributed by atoms with Crippen LogP contribution in [0.3, 0.4) is 0 Å². The standard InChI is InChI=1S/C20H21N5O3S2/c1-4-24-18(13(2)28-16-7-5-15(27-3)6-8-16)22-23-20(24)30-12-14-11-17(26)25-9-10-29-19(25)21-14/h5-11,13H,4,12H2,1-3H3. The molecule has 30 heavy (non-hydrogen) atoms. The Balaban J connectivity index is 1.48. The Morgan fingerprint density at radius 2 is 1.97 bits per heavy atom. The fourth-order valence-corrected chi connectivity index (χ4v) is 4.66. The lowest BCUT2D eigenvalue weighted by Crippen LogP contribution is -2.13. The van der Waals surface area contributed by atoms with Crippen molar-refractivity contribution in [1.82, 2.24) is 24.1 Å². The van der Waals surface area contributed by atoms with Crippen LogP contribution in [-0.4, -0.2) is 31.3 Å². The number of benzene rings is 1. The number of rotatable bonds is 8. The average Bonchev–Trinajstić information content (AvgIpc) is 3.39. The molecule has 4 rings (SSSR count). The van der Waals surface area contributed by atoms with E-state index >= 15 is 0 Å². The first-order valence-electron chi connectivity index (χ1n) is 9.41. The van der Waals surface area contributed by atoms with Gasteiger partial charge in [0, 0.05) is 29.9 Å². The molecular formula is C20H21N5O3S2. The second-order valence-electron chi connectivity index (χ2n) is 6.45. The zero-order chi connectivity index (χ0) is 21.1. The third kappa shape index (κ3) is 4.19. The topological polar surface area (TPSA) is 83.5 Å². The van der Waals surface area contributed by atoms with Crippen LogP contribution in [0.1, 0.15) is 31.5 Å². The Morgan fingerprint density at radius 1 is 1.20 bits per heavy atom. The van der Waals surface area contributed by atoms with Crippen LogP contribution in [0, 0.1) is 0 Å². The van der Waals surface area contributed by atoms with Crippen LogP contribution in [0.4, 0.5) is 0 Å². The highest BCUT2D eigenvalue weighted by molar-refractivity contribution is 7.98. The SMILES string of the molecule is CCn1c(SCc2cc(=O)n3ccsc3n2)nnc1C(C)Oc1ccc(OC)cc1. The summed E-state index contributed by atoms with van der Waals surface area (Å²) in [7, 11) is 1.63. The molecule has 0 amide bonds. The lowest BCUT2D eigenvalue weighted by atomic mass is 10.3. The van der Waals surface area contributed by atoms with Crippen molar-refractivity contribution in [2.24, 2.45) is 0 Å². The van der Waals surface area contributed by atoms with E-state index in [-0.39, 0.29) is 11.7 Å². The number of hydrogen-bond donors (Lipinski definition) is 0. The third-order valence-electron chi connectivity index (χ3n) is 4.50. The molecule has 4 aromatic rings. The van der Waals surface area contributed by atoms with Crippen molar-refractivity contribution >= 4 is 28.1 Å². The van der Waals surface area contributed by atoms with Gasteiger partial charge in [0.2, 0.25) is 0 Å². The van der Waals surface area contributed by atoms with Gasteiger partial charge in [0.05, 0.1) is 12.8 Å². The highest BCUT2D eigenvalue weighted by Gasteiger charge is 2.19. The number of thiazole rings is 1. The van der Waals surface area contributed by atoms with Crippen LogP contribution in [0.15, 0.2) is 51.9 Å². The predicted molar refractivity (Wildman–Crippen MR) is 117 cm³/mol. The van der Waals surface area contributed by atoms with E-state index in [1.807, 2.05) is 48.1 Å². The van der Waals surface area contributed by atoms with Crippen molar-refractivity contribution in [3.8, 4) is 11.5 Å². The van der Waals surface area contributed by atoms with Crippen LogP contribution in [-0.2, 0) is 12.3 Å². The molecule has 156 valence electrons. The third-order valence-corrected chi connectivity index (χ3v) is 6.26. The minimum absolute atomic E-state index is 0.0731. The molecule has 0 N–H and O–H groups in total. The van der Waals surface area contributed by atoms with Gasteiger partial charge in [-0.15, -0.1) is 21.5 Å². The molecule has 8 nitrogen and oxygen atoms in total. The number of ether oxygens (including phenoxy) is 2. The molecular weight excluding hydrogens is 422 g/mol. The Labute approximate surface area is 181 Å². The van der Waals surface area contributed by atoms with Crippen molar-refractivity contribution in [3.05, 3.63) is 63.8 Å². The van der Waals surface area contributed by atoms with E-state index in [0.29, 0.717) is 17.3 Å². The van der Waals surface area contributed by atoms with Gasteiger partial charge in [-0.25, -0.2) is 4.98 Å². The van der Waals surface area contributed by atoms with Crippen molar-refractivity contribution < 1.29 is 9.47 Å². The molecule has 0 spiro atoms. The minimum Gasteiger partial charge on any atom is -0.497 e. The second-order valence-corrected chi connectivity index (χ2v) is 8.27. The van der Waals surface area contributed by atoms with Crippen LogP contribution >= 0.6 is 23.1 Å². The molecule has 3 aromatic heterocycles. The monoisotopic (exact) mass is 443 g/mol. The molecule has 10 heteroatoms. The maximum Gasteiger partial charge on any atom is 0.258 e. The van der Waals surface area contributed by atoms with Gasteiger partial charge >= 0.3 is 0 Å². The van der Waals surface area contributed by atoms with Gasteiger partial charge in [-0.2, -0.15) is 0 Å². The lowest BCUT2D eigenvalue weighted by Gasteiger charge is -2.15. The van der Waals surface area contributed by atoms with Gasteiger partial charge in [0.15, 0.2) is 22.0 Å². The van der Waals surface area contributed by atoms with E-state index in [1.165, 1.54) is 23.1 Å². The summed E-state index contributed by atoms with van der Waals surface area (Å²) in [5.41, 5.74) is 0.651. The smallest absolute Gasteiger partial charge is 0.258 e. The van der Waals surface area contributed by atoms with Crippen LogP contribution in [0.2, 0.25) is 0 Å². The molecule has 0 bridgehead atoms.